The summed E-state index contributed by atoms with van der Waals surface area (Å²) in [6.07, 6.45) is 1.97. The van der Waals surface area contributed by atoms with E-state index < -0.39 is 0 Å². The van der Waals surface area contributed by atoms with Gasteiger partial charge in [-0.15, -0.1) is 11.8 Å². The monoisotopic (exact) mass is 346 g/mol. The van der Waals surface area contributed by atoms with Crippen molar-refractivity contribution in [2.24, 2.45) is 0 Å². The van der Waals surface area contributed by atoms with Crippen LogP contribution in [0.1, 0.15) is 0 Å². The number of rotatable bonds is 1. The molecule has 0 atom stereocenters. The minimum Gasteiger partial charge on any atom is -0.206 e. The zero-order valence-corrected chi connectivity index (χ0v) is 10.3. The molecule has 0 saturated carbocycles. The van der Waals surface area contributed by atoms with Crippen LogP contribution in [0.3, 0.4) is 0 Å². The van der Waals surface area contributed by atoms with E-state index in [1.165, 1.54) is 6.07 Å². The van der Waals surface area contributed by atoms with Gasteiger partial charge in [0.05, 0.1) is 4.47 Å². The number of benzene rings is 1. The van der Waals surface area contributed by atoms with E-state index in [1.54, 1.807) is 17.8 Å². The normalized spacial score (nSPS) is 10.2. The molecule has 4 heteroatoms. The molecule has 1 rings (SSSR count). The van der Waals surface area contributed by atoms with Crippen LogP contribution in [0, 0.1) is 9.39 Å². The number of halogens is 3. The first kappa shape index (κ1) is 9.80. The molecule has 0 amide bonds. The van der Waals surface area contributed by atoms with E-state index in [4.69, 9.17) is 0 Å². The van der Waals surface area contributed by atoms with Crippen molar-refractivity contribution < 1.29 is 4.39 Å². The molecule has 0 aromatic heterocycles. The lowest BCUT2D eigenvalue weighted by Crippen LogP contribution is -1.83. The first-order valence-electron chi connectivity index (χ1n) is 2.83. The zero-order chi connectivity index (χ0) is 8.43. The average Bonchev–Trinajstić information content (AvgIpc) is 1.97. The molecule has 0 fully saturated rings. The Balaban J connectivity index is 3.21. The molecule has 0 aliphatic rings. The van der Waals surface area contributed by atoms with Gasteiger partial charge < -0.3 is 0 Å². The van der Waals surface area contributed by atoms with Crippen molar-refractivity contribution in [2.45, 2.75) is 4.90 Å². The Morgan fingerprint density at radius 3 is 2.73 bits per heavy atom. The van der Waals surface area contributed by atoms with E-state index in [1.807, 2.05) is 6.26 Å². The summed E-state index contributed by atoms with van der Waals surface area (Å²) in [4.78, 5) is 1.10. The molecule has 0 aliphatic carbocycles. The smallest absolute Gasteiger partial charge is 0.138 e. The summed E-state index contributed by atoms with van der Waals surface area (Å²) < 4.78 is 14.3. The summed E-state index contributed by atoms with van der Waals surface area (Å²) in [6.45, 7) is 0. The van der Waals surface area contributed by atoms with Crippen molar-refractivity contribution in [1.82, 2.24) is 0 Å². The Labute approximate surface area is 91.2 Å². The van der Waals surface area contributed by atoms with Crippen molar-refractivity contribution in [3.05, 3.63) is 26.0 Å². The van der Waals surface area contributed by atoms with E-state index in [9.17, 15) is 4.39 Å². The van der Waals surface area contributed by atoms with Crippen LogP contribution in [0.5, 0.6) is 0 Å². The highest BCUT2D eigenvalue weighted by atomic mass is 127. The molecule has 0 bridgehead atoms. The van der Waals surface area contributed by atoms with Crippen molar-refractivity contribution in [3.63, 3.8) is 0 Å². The highest BCUT2D eigenvalue weighted by molar-refractivity contribution is 14.1. The van der Waals surface area contributed by atoms with Gasteiger partial charge in [-0.2, -0.15) is 0 Å². The zero-order valence-electron chi connectivity index (χ0n) is 5.70. The van der Waals surface area contributed by atoms with Crippen LogP contribution in [0.25, 0.3) is 0 Å². The lowest BCUT2D eigenvalue weighted by molar-refractivity contribution is 0.618. The van der Waals surface area contributed by atoms with Crippen LogP contribution in [0.2, 0.25) is 0 Å². The molecular formula is C7H5BrFIS. The molecule has 0 radical (unpaired) electrons. The van der Waals surface area contributed by atoms with Crippen molar-refractivity contribution in [1.29, 1.82) is 0 Å². The molecule has 0 N–H and O–H groups in total. The van der Waals surface area contributed by atoms with Gasteiger partial charge in [-0.1, -0.05) is 0 Å². The highest BCUT2D eigenvalue weighted by Gasteiger charge is 2.04. The molecule has 11 heavy (non-hydrogen) atoms. The summed E-state index contributed by atoms with van der Waals surface area (Å²) in [7, 11) is 0. The average molecular weight is 347 g/mol. The fourth-order valence-corrected chi connectivity index (χ4v) is 2.73. The van der Waals surface area contributed by atoms with Crippen molar-refractivity contribution in [2.75, 3.05) is 6.26 Å². The molecule has 0 nitrogen and oxygen atoms in total. The Kier molecular flexibility index (Phi) is 3.64. The van der Waals surface area contributed by atoms with E-state index >= 15 is 0 Å². The van der Waals surface area contributed by atoms with Gasteiger partial charge >= 0.3 is 0 Å². The van der Waals surface area contributed by atoms with Crippen LogP contribution in [-0.4, -0.2) is 6.26 Å². The van der Waals surface area contributed by atoms with Crippen molar-refractivity contribution >= 4 is 50.3 Å². The molecule has 0 aliphatic heterocycles. The van der Waals surface area contributed by atoms with Crippen LogP contribution in [0.15, 0.2) is 21.5 Å². The second-order valence-electron chi connectivity index (χ2n) is 1.90. The first-order chi connectivity index (χ1) is 5.15. The molecule has 0 heterocycles. The summed E-state index contributed by atoms with van der Waals surface area (Å²) in [5.41, 5.74) is 0. The fourth-order valence-electron chi connectivity index (χ4n) is 0.661. The molecule has 60 valence electrons. The highest BCUT2D eigenvalue weighted by Crippen LogP contribution is 2.27. The van der Waals surface area contributed by atoms with Gasteiger partial charge in [0.2, 0.25) is 0 Å². The van der Waals surface area contributed by atoms with Crippen LogP contribution >= 0.6 is 50.3 Å². The molecule has 0 spiro atoms. The van der Waals surface area contributed by atoms with Gasteiger partial charge in [-0.05, 0) is 56.9 Å². The van der Waals surface area contributed by atoms with Gasteiger partial charge in [-0.3, -0.25) is 0 Å². The van der Waals surface area contributed by atoms with E-state index in [0.717, 1.165) is 8.47 Å². The molecule has 0 unspecified atom stereocenters. The maximum atomic E-state index is 12.8. The van der Waals surface area contributed by atoms with Gasteiger partial charge in [0.1, 0.15) is 5.82 Å². The summed E-state index contributed by atoms with van der Waals surface area (Å²) in [5.74, 6) is -0.202. The minimum atomic E-state index is -0.202. The minimum absolute atomic E-state index is 0.202. The first-order valence-corrected chi connectivity index (χ1v) is 5.93. The summed E-state index contributed by atoms with van der Waals surface area (Å²) in [6, 6.07) is 3.32. The van der Waals surface area contributed by atoms with Crippen LogP contribution in [0.4, 0.5) is 4.39 Å². The third-order valence-corrected chi connectivity index (χ3v) is 3.84. The lowest BCUT2D eigenvalue weighted by atomic mass is 10.3. The maximum absolute atomic E-state index is 12.8. The fraction of sp³-hybridized carbons (Fsp3) is 0.143. The van der Waals surface area contributed by atoms with E-state index in [0.29, 0.717) is 4.47 Å². The van der Waals surface area contributed by atoms with Gasteiger partial charge in [-0.25, -0.2) is 4.39 Å². The largest absolute Gasteiger partial charge is 0.206 e. The standard InChI is InChI=1S/C7H5BrFIS/c1-11-7-2-4(8)5(9)3-6(7)10/h2-3H,1H3. The quantitative estimate of drug-likeness (QED) is 0.422. The molecule has 0 saturated heterocycles. The maximum Gasteiger partial charge on any atom is 0.138 e. The second kappa shape index (κ2) is 4.09. The molecule has 1 aromatic carbocycles. The Morgan fingerprint density at radius 2 is 2.18 bits per heavy atom. The second-order valence-corrected chi connectivity index (χ2v) is 4.77. The third-order valence-electron chi connectivity index (χ3n) is 1.19. The molecule has 1 aromatic rings. The number of hydrogen-bond donors (Lipinski definition) is 0. The van der Waals surface area contributed by atoms with Crippen LogP contribution < -0.4 is 0 Å². The summed E-state index contributed by atoms with van der Waals surface area (Å²) in [5, 5.41) is 0. The van der Waals surface area contributed by atoms with Crippen LogP contribution in [-0.2, 0) is 0 Å². The molecular weight excluding hydrogens is 342 g/mol. The Hall–Kier alpha value is 0.710. The Morgan fingerprint density at radius 1 is 1.55 bits per heavy atom. The van der Waals surface area contributed by atoms with Gasteiger partial charge in [0, 0.05) is 8.47 Å². The summed E-state index contributed by atoms with van der Waals surface area (Å²) >= 11 is 6.86. The van der Waals surface area contributed by atoms with Gasteiger partial charge in [0.25, 0.3) is 0 Å². The lowest BCUT2D eigenvalue weighted by Gasteiger charge is -2.01. The van der Waals surface area contributed by atoms with E-state index in [2.05, 4.69) is 38.5 Å². The van der Waals surface area contributed by atoms with Crippen molar-refractivity contribution in [3.8, 4) is 0 Å². The number of thioether (sulfide) groups is 1. The SMILES string of the molecule is CSc1cc(Br)c(F)cc1I. The Bertz CT molecular complexity index is 277. The van der Waals surface area contributed by atoms with Gasteiger partial charge in [0.15, 0.2) is 0 Å². The predicted octanol–water partition coefficient (Wildman–Crippen LogP) is 3.91. The third kappa shape index (κ3) is 2.32. The predicted molar refractivity (Wildman–Crippen MR) is 58.6 cm³/mol. The van der Waals surface area contributed by atoms with E-state index in [-0.39, 0.29) is 5.82 Å². The number of hydrogen-bond acceptors (Lipinski definition) is 1. The topological polar surface area (TPSA) is 0 Å².